The smallest absolute Gasteiger partial charge is 0.208 e. The van der Waals surface area contributed by atoms with E-state index in [9.17, 15) is 30.4 Å². The minimum atomic E-state index is -4.28. The van der Waals surface area contributed by atoms with Gasteiger partial charge in [0.2, 0.25) is 10.0 Å². The molecule has 124 valence electrons. The second-order valence-corrected chi connectivity index (χ2v) is 6.97. The highest BCUT2D eigenvalue weighted by Crippen LogP contribution is 2.37. The molecule has 1 aliphatic carbocycles. The fourth-order valence-electron chi connectivity index (χ4n) is 2.51. The maximum Gasteiger partial charge on any atom is 0.391 e. The summed E-state index contributed by atoms with van der Waals surface area (Å²) in [6, 6.07) is 1.34. The lowest BCUT2D eigenvalue weighted by atomic mass is 9.86. The Morgan fingerprint density at radius 2 is 1.64 bits per heavy atom. The Morgan fingerprint density at radius 3 is 2.14 bits per heavy atom. The zero-order chi connectivity index (χ0) is 16.5. The standard InChI is InChI=1S/C13H14F5NO2S/c14-9-3-6-12(11(15)7-9)22(20,21)19-10-4-1-8(2-5-10)13(16,17)18/h3,6-8,10,19H,1-2,4-5H2. The van der Waals surface area contributed by atoms with Gasteiger partial charge in [-0.05, 0) is 37.8 Å². The van der Waals surface area contributed by atoms with Crippen LogP contribution in [-0.2, 0) is 10.0 Å². The molecule has 1 aromatic rings. The van der Waals surface area contributed by atoms with Crippen molar-refractivity contribution in [3.8, 4) is 0 Å². The molecule has 1 N–H and O–H groups in total. The van der Waals surface area contributed by atoms with E-state index in [0.717, 1.165) is 12.1 Å². The normalized spacial score (nSPS) is 23.5. The summed E-state index contributed by atoms with van der Waals surface area (Å²) in [6.45, 7) is 0. The molecule has 0 heterocycles. The van der Waals surface area contributed by atoms with Gasteiger partial charge in [-0.1, -0.05) is 0 Å². The lowest BCUT2D eigenvalue weighted by Crippen LogP contribution is -2.40. The molecule has 9 heteroatoms. The van der Waals surface area contributed by atoms with Crippen LogP contribution in [0.2, 0.25) is 0 Å². The van der Waals surface area contributed by atoms with Gasteiger partial charge in [-0.15, -0.1) is 0 Å². The van der Waals surface area contributed by atoms with E-state index in [-0.39, 0.29) is 25.7 Å². The minimum absolute atomic E-state index is 0.0201. The Balaban J connectivity index is 2.05. The number of rotatable bonds is 3. The lowest BCUT2D eigenvalue weighted by molar-refractivity contribution is -0.182. The first-order chi connectivity index (χ1) is 10.1. The van der Waals surface area contributed by atoms with Crippen molar-refractivity contribution in [1.29, 1.82) is 0 Å². The van der Waals surface area contributed by atoms with Gasteiger partial charge in [0.05, 0.1) is 5.92 Å². The maximum absolute atomic E-state index is 13.5. The van der Waals surface area contributed by atoms with Gasteiger partial charge >= 0.3 is 6.18 Å². The summed E-state index contributed by atoms with van der Waals surface area (Å²) < 4.78 is 90.1. The van der Waals surface area contributed by atoms with Crippen LogP contribution in [0.1, 0.15) is 25.7 Å². The number of halogens is 5. The second kappa shape index (κ2) is 6.11. The molecule has 1 aromatic carbocycles. The van der Waals surface area contributed by atoms with Crippen LogP contribution in [0.15, 0.2) is 23.1 Å². The van der Waals surface area contributed by atoms with Crippen molar-refractivity contribution < 1.29 is 30.4 Å². The van der Waals surface area contributed by atoms with Crippen molar-refractivity contribution in [3.05, 3.63) is 29.8 Å². The van der Waals surface area contributed by atoms with Crippen LogP contribution in [0.4, 0.5) is 22.0 Å². The molecular formula is C13H14F5NO2S. The van der Waals surface area contributed by atoms with Crippen LogP contribution < -0.4 is 4.72 Å². The van der Waals surface area contributed by atoms with Crippen molar-refractivity contribution in [2.45, 2.75) is 42.8 Å². The monoisotopic (exact) mass is 343 g/mol. The van der Waals surface area contributed by atoms with Crippen LogP contribution in [0.3, 0.4) is 0 Å². The summed E-state index contributed by atoms with van der Waals surface area (Å²) >= 11 is 0. The van der Waals surface area contributed by atoms with E-state index >= 15 is 0 Å². The summed E-state index contributed by atoms with van der Waals surface area (Å²) in [4.78, 5) is -0.716. The molecule has 0 aromatic heterocycles. The molecule has 0 bridgehead atoms. The quantitative estimate of drug-likeness (QED) is 0.856. The predicted molar refractivity (Wildman–Crippen MR) is 68.5 cm³/mol. The van der Waals surface area contributed by atoms with Crippen LogP contribution in [-0.4, -0.2) is 20.6 Å². The first-order valence-electron chi connectivity index (χ1n) is 6.63. The molecule has 3 nitrogen and oxygen atoms in total. The van der Waals surface area contributed by atoms with E-state index in [0.29, 0.717) is 6.07 Å². The van der Waals surface area contributed by atoms with Gasteiger partial charge in [0, 0.05) is 12.1 Å². The van der Waals surface area contributed by atoms with Crippen LogP contribution >= 0.6 is 0 Å². The largest absolute Gasteiger partial charge is 0.391 e. The summed E-state index contributed by atoms with van der Waals surface area (Å²) in [6.07, 6.45) is -4.60. The average molecular weight is 343 g/mol. The van der Waals surface area contributed by atoms with Gasteiger partial charge in [-0.3, -0.25) is 0 Å². The third kappa shape index (κ3) is 3.95. The molecule has 1 aliphatic rings. The van der Waals surface area contributed by atoms with Crippen LogP contribution in [0.5, 0.6) is 0 Å². The third-order valence-electron chi connectivity index (χ3n) is 3.70. The van der Waals surface area contributed by atoms with E-state index in [4.69, 9.17) is 0 Å². The van der Waals surface area contributed by atoms with E-state index in [2.05, 4.69) is 4.72 Å². The first-order valence-corrected chi connectivity index (χ1v) is 8.12. The predicted octanol–water partition coefficient (Wildman–Crippen LogP) is 3.36. The second-order valence-electron chi connectivity index (χ2n) is 5.29. The maximum atomic E-state index is 13.5. The van der Waals surface area contributed by atoms with Crippen LogP contribution in [0, 0.1) is 17.6 Å². The van der Waals surface area contributed by atoms with Gasteiger partial charge in [0.1, 0.15) is 16.5 Å². The average Bonchev–Trinajstić information content (AvgIpc) is 2.37. The molecule has 0 amide bonds. The number of nitrogens with one attached hydrogen (secondary N) is 1. The van der Waals surface area contributed by atoms with Crippen LogP contribution in [0.25, 0.3) is 0 Å². The van der Waals surface area contributed by atoms with Gasteiger partial charge in [-0.25, -0.2) is 21.9 Å². The number of benzene rings is 1. The number of sulfonamides is 1. The highest BCUT2D eigenvalue weighted by molar-refractivity contribution is 7.89. The molecule has 0 aliphatic heterocycles. The van der Waals surface area contributed by atoms with Gasteiger partial charge in [0.25, 0.3) is 0 Å². The molecule has 0 spiro atoms. The molecule has 1 fully saturated rings. The molecule has 2 rings (SSSR count). The lowest BCUT2D eigenvalue weighted by Gasteiger charge is -2.30. The van der Waals surface area contributed by atoms with Gasteiger partial charge in [-0.2, -0.15) is 13.2 Å². The molecule has 1 saturated carbocycles. The first kappa shape index (κ1) is 17.1. The SMILES string of the molecule is O=S(=O)(NC1CCC(C(F)(F)F)CC1)c1ccc(F)cc1F. The highest BCUT2D eigenvalue weighted by atomic mass is 32.2. The zero-order valence-electron chi connectivity index (χ0n) is 11.3. The van der Waals surface area contributed by atoms with Gasteiger partial charge in [0.15, 0.2) is 0 Å². The van der Waals surface area contributed by atoms with E-state index in [1.165, 1.54) is 0 Å². The molecule has 22 heavy (non-hydrogen) atoms. The van der Waals surface area contributed by atoms with Crippen molar-refractivity contribution in [3.63, 3.8) is 0 Å². The van der Waals surface area contributed by atoms with Gasteiger partial charge < -0.3 is 0 Å². The Kier molecular flexibility index (Phi) is 4.76. The zero-order valence-corrected chi connectivity index (χ0v) is 12.1. The summed E-state index contributed by atoms with van der Waals surface area (Å²) in [5, 5.41) is 0. The molecule has 0 unspecified atom stereocenters. The van der Waals surface area contributed by atoms with Crippen molar-refractivity contribution in [1.82, 2.24) is 4.72 Å². The Morgan fingerprint density at radius 1 is 1.05 bits per heavy atom. The van der Waals surface area contributed by atoms with Crippen molar-refractivity contribution in [2.75, 3.05) is 0 Å². The van der Waals surface area contributed by atoms with Crippen molar-refractivity contribution >= 4 is 10.0 Å². The summed E-state index contributed by atoms with van der Waals surface area (Å²) in [5.41, 5.74) is 0. The fraction of sp³-hybridized carbons (Fsp3) is 0.538. The number of alkyl halides is 3. The topological polar surface area (TPSA) is 46.2 Å². The van der Waals surface area contributed by atoms with Crippen molar-refractivity contribution in [2.24, 2.45) is 5.92 Å². The third-order valence-corrected chi connectivity index (χ3v) is 5.25. The fourth-order valence-corrected chi connectivity index (χ4v) is 3.88. The van der Waals surface area contributed by atoms with E-state index < -0.39 is 44.7 Å². The minimum Gasteiger partial charge on any atom is -0.208 e. The number of hydrogen-bond acceptors (Lipinski definition) is 2. The van der Waals surface area contributed by atoms with E-state index in [1.54, 1.807) is 0 Å². The molecule has 0 saturated heterocycles. The molecular weight excluding hydrogens is 329 g/mol. The highest BCUT2D eigenvalue weighted by Gasteiger charge is 2.42. The Labute approximate surface area is 124 Å². The molecule has 0 atom stereocenters. The molecule has 0 radical (unpaired) electrons. The van der Waals surface area contributed by atoms with E-state index in [1.807, 2.05) is 0 Å². The summed E-state index contributed by atoms with van der Waals surface area (Å²) in [5.74, 6) is -3.59. The Hall–Kier alpha value is -1.22. The Bertz CT molecular complexity index is 636. The summed E-state index contributed by atoms with van der Waals surface area (Å²) in [7, 11) is -4.23. The number of hydrogen-bond donors (Lipinski definition) is 1.